The summed E-state index contributed by atoms with van der Waals surface area (Å²) in [5, 5.41) is 0. The van der Waals surface area contributed by atoms with E-state index in [0.717, 1.165) is 0 Å². The van der Waals surface area contributed by atoms with Crippen molar-refractivity contribution in [3.8, 4) is 0 Å². The van der Waals surface area contributed by atoms with Gasteiger partial charge in [-0.15, -0.1) is 0 Å². The average molecular weight is 365 g/mol. The van der Waals surface area contributed by atoms with Gasteiger partial charge in [0.1, 0.15) is 0 Å². The molecule has 71 valence electrons. The van der Waals surface area contributed by atoms with Gasteiger partial charge in [-0.2, -0.15) is 15.6 Å². The van der Waals surface area contributed by atoms with Crippen molar-refractivity contribution < 1.29 is 55.6 Å². The molecule has 8 nitrogen and oxygen atoms in total. The van der Waals surface area contributed by atoms with Crippen LogP contribution in [0.25, 0.3) is 0 Å². The predicted octanol–water partition coefficient (Wildman–Crippen LogP) is -6.79. The third-order valence-electron chi connectivity index (χ3n) is 0. The second-order valence-electron chi connectivity index (χ2n) is 0.894. The molecule has 0 rings (SSSR count). The first-order chi connectivity index (χ1) is 4.00. The van der Waals surface area contributed by atoms with Crippen LogP contribution in [-0.2, 0) is 26.2 Å². The molecular formula is Ca3MnO8P2. The molecule has 0 atom stereocenters. The smallest absolute Gasteiger partial charge is 0.822 e. The molecule has 0 bridgehead atoms. The molecule has 0 aliphatic rings. The minimum atomic E-state index is -5.39. The van der Waals surface area contributed by atoms with E-state index in [-0.39, 0.29) is 130 Å². The molecule has 0 aromatic carbocycles. The van der Waals surface area contributed by atoms with E-state index in [4.69, 9.17) is 38.5 Å². The Bertz CT molecular complexity index is 135. The van der Waals surface area contributed by atoms with Crippen LogP contribution in [0.15, 0.2) is 0 Å². The summed E-state index contributed by atoms with van der Waals surface area (Å²) < 4.78 is 17.1. The molecule has 0 aromatic rings. The first-order valence-electron chi connectivity index (χ1n) is 1.46. The maximum absolute atomic E-state index is 8.55. The fraction of sp³-hybridized carbons (Fsp3) is 0. The summed E-state index contributed by atoms with van der Waals surface area (Å²) in [5.41, 5.74) is 0. The molecule has 0 aromatic heterocycles. The van der Waals surface area contributed by atoms with Crippen LogP contribution in [0.2, 0.25) is 0 Å². The Labute approximate surface area is 180 Å². The van der Waals surface area contributed by atoms with Gasteiger partial charge < -0.3 is 38.5 Å². The number of hydrogen-bond donors (Lipinski definition) is 0. The molecular weight excluding hydrogens is 365 g/mol. The van der Waals surface area contributed by atoms with Crippen LogP contribution in [-0.4, -0.2) is 113 Å². The number of rotatable bonds is 0. The Kier molecular flexibility index (Phi) is 45.4. The van der Waals surface area contributed by atoms with Crippen molar-refractivity contribution in [1.29, 1.82) is 0 Å². The van der Waals surface area contributed by atoms with Crippen molar-refractivity contribution >= 4 is 129 Å². The van der Waals surface area contributed by atoms with E-state index in [1.807, 2.05) is 0 Å². The maximum atomic E-state index is 8.55. The van der Waals surface area contributed by atoms with Crippen molar-refractivity contribution in [1.82, 2.24) is 0 Å². The molecule has 0 aliphatic carbocycles. The molecule has 1 radical (unpaired) electrons. The average Bonchev–Trinajstić information content (AvgIpc) is 1.12. The molecule has 14 heavy (non-hydrogen) atoms. The normalized spacial score (nSPS) is 8.43. The van der Waals surface area contributed by atoms with Crippen LogP contribution in [0.1, 0.15) is 0 Å². The van der Waals surface area contributed by atoms with Gasteiger partial charge in [-0.1, -0.05) is 0 Å². The summed E-state index contributed by atoms with van der Waals surface area (Å²) in [6.45, 7) is 0. The van der Waals surface area contributed by atoms with Crippen LogP contribution in [0, 0.1) is 0 Å². The number of phosphoric acid groups is 2. The van der Waals surface area contributed by atoms with Crippen molar-refractivity contribution in [2.45, 2.75) is 0 Å². The minimum absolute atomic E-state index is 0. The van der Waals surface area contributed by atoms with Gasteiger partial charge in [-0.3, -0.25) is 0 Å². The van der Waals surface area contributed by atoms with Crippen LogP contribution < -0.4 is 29.4 Å². The van der Waals surface area contributed by atoms with Gasteiger partial charge in [0, 0.05) is 17.1 Å². The first kappa shape index (κ1) is 36.3. The summed E-state index contributed by atoms with van der Waals surface area (Å²) in [5.74, 6) is 0. The summed E-state index contributed by atoms with van der Waals surface area (Å²) in [6.07, 6.45) is 0. The van der Waals surface area contributed by atoms with Gasteiger partial charge in [0.05, 0.1) is 0 Å². The van der Waals surface area contributed by atoms with Crippen molar-refractivity contribution in [3.63, 3.8) is 0 Å². The summed E-state index contributed by atoms with van der Waals surface area (Å²) in [6, 6.07) is 0. The first-order valence-corrected chi connectivity index (χ1v) is 4.38. The van der Waals surface area contributed by atoms with Gasteiger partial charge in [-0.25, -0.2) is 0 Å². The second-order valence-corrected chi connectivity index (χ2v) is 2.68. The maximum Gasteiger partial charge on any atom is 2.00 e. The predicted molar refractivity (Wildman–Crippen MR) is 32.5 cm³/mol. The fourth-order valence-electron chi connectivity index (χ4n) is 0. The Morgan fingerprint density at radius 1 is 0.571 bits per heavy atom. The Morgan fingerprint density at radius 3 is 0.571 bits per heavy atom. The molecule has 0 amide bonds. The summed E-state index contributed by atoms with van der Waals surface area (Å²) in [7, 11) is -10.8. The SMILES string of the molecule is O=P([O-])([O-])[O-].O=P([O-])([O-])[O-].[Ca+2].[Ca+2].[Ca+2].[Mn]. The molecule has 0 aliphatic heterocycles. The third kappa shape index (κ3) is 195. The van der Waals surface area contributed by atoms with E-state index in [0.29, 0.717) is 0 Å². The molecule has 0 heterocycles. The van der Waals surface area contributed by atoms with Crippen molar-refractivity contribution in [3.05, 3.63) is 0 Å². The molecule has 0 saturated heterocycles. The van der Waals surface area contributed by atoms with Gasteiger partial charge in [0.15, 0.2) is 0 Å². The van der Waals surface area contributed by atoms with E-state index >= 15 is 0 Å². The zero-order valence-electron chi connectivity index (χ0n) is 6.66. The van der Waals surface area contributed by atoms with Crippen LogP contribution in [0.3, 0.4) is 0 Å². The van der Waals surface area contributed by atoms with Gasteiger partial charge in [-0.05, 0) is 0 Å². The van der Waals surface area contributed by atoms with E-state index in [9.17, 15) is 0 Å². The summed E-state index contributed by atoms with van der Waals surface area (Å²) >= 11 is 0. The zero-order chi connectivity index (χ0) is 9.00. The largest absolute Gasteiger partial charge is 2.00 e. The molecule has 0 spiro atoms. The van der Waals surface area contributed by atoms with E-state index in [1.54, 1.807) is 0 Å². The van der Waals surface area contributed by atoms with Crippen molar-refractivity contribution in [2.24, 2.45) is 0 Å². The Morgan fingerprint density at radius 2 is 0.571 bits per heavy atom. The standard InChI is InChI=1S/3Ca.Mn.2H3O4P/c;;;;2*1-5(2,3)4/h;;;;2*(H3,1,2,3,4)/q3*+2;;;/p-6. The van der Waals surface area contributed by atoms with Crippen LogP contribution >= 0.6 is 15.6 Å². The molecule has 14 heteroatoms. The number of hydrogen-bond acceptors (Lipinski definition) is 8. The Hall–Kier alpha value is 4.52. The van der Waals surface area contributed by atoms with E-state index in [2.05, 4.69) is 0 Å². The molecule has 0 N–H and O–H groups in total. The third-order valence-corrected chi connectivity index (χ3v) is 0. The van der Waals surface area contributed by atoms with Crippen molar-refractivity contribution in [2.75, 3.05) is 0 Å². The van der Waals surface area contributed by atoms with Gasteiger partial charge in [0.25, 0.3) is 0 Å². The zero-order valence-corrected chi connectivity index (χ0v) is 16.3. The second kappa shape index (κ2) is 17.5. The monoisotopic (exact) mass is 365 g/mol. The van der Waals surface area contributed by atoms with Crippen LogP contribution in [0.5, 0.6) is 0 Å². The van der Waals surface area contributed by atoms with E-state index < -0.39 is 15.6 Å². The van der Waals surface area contributed by atoms with E-state index in [1.165, 1.54) is 0 Å². The Balaban J connectivity index is -0.0000000178. The molecule has 0 saturated carbocycles. The quantitative estimate of drug-likeness (QED) is 0.301. The van der Waals surface area contributed by atoms with Gasteiger partial charge in [0.2, 0.25) is 0 Å². The van der Waals surface area contributed by atoms with Gasteiger partial charge >= 0.3 is 113 Å². The minimum Gasteiger partial charge on any atom is -0.822 e. The molecule has 0 fully saturated rings. The summed E-state index contributed by atoms with van der Waals surface area (Å²) in [4.78, 5) is 51.3. The topological polar surface area (TPSA) is 172 Å². The van der Waals surface area contributed by atoms with Crippen LogP contribution in [0.4, 0.5) is 0 Å². The molecule has 0 unspecified atom stereocenters. The fourth-order valence-corrected chi connectivity index (χ4v) is 0.